The second kappa shape index (κ2) is 3.26. The van der Waals surface area contributed by atoms with Gasteiger partial charge in [0, 0.05) is 15.3 Å². The first-order chi connectivity index (χ1) is 5.86. The first-order valence-electron chi connectivity index (χ1n) is 3.61. The summed E-state index contributed by atoms with van der Waals surface area (Å²) >= 11 is 2.29. The van der Waals surface area contributed by atoms with Crippen LogP contribution >= 0.6 is 22.6 Å². The van der Waals surface area contributed by atoms with E-state index < -0.39 is 0 Å². The summed E-state index contributed by atoms with van der Waals surface area (Å²) < 4.78 is 1.25. The Morgan fingerprint density at radius 2 is 1.83 bits per heavy atom. The van der Waals surface area contributed by atoms with E-state index in [1.54, 1.807) is 0 Å². The van der Waals surface area contributed by atoms with E-state index in [2.05, 4.69) is 57.1 Å². The van der Waals surface area contributed by atoms with E-state index in [9.17, 15) is 0 Å². The predicted molar refractivity (Wildman–Crippen MR) is 56.7 cm³/mol. The first-order valence-corrected chi connectivity index (χ1v) is 4.69. The van der Waals surface area contributed by atoms with Gasteiger partial charge in [0.15, 0.2) is 0 Å². The molecule has 0 aliphatic rings. The molecule has 1 N–H and O–H groups in total. The zero-order chi connectivity index (χ0) is 8.39. The number of nitrogens with one attached hydrogen (secondary N) is 1. The molecule has 0 amide bonds. The molecule has 0 saturated carbocycles. The van der Waals surface area contributed by atoms with Gasteiger partial charge in [-0.25, -0.2) is 0 Å². The summed E-state index contributed by atoms with van der Waals surface area (Å²) in [6.45, 7) is 0. The summed E-state index contributed by atoms with van der Waals surface area (Å²) in [6, 6.07) is 8.35. The van der Waals surface area contributed by atoms with Crippen molar-refractivity contribution in [2.24, 2.45) is 0 Å². The van der Waals surface area contributed by atoms with E-state index in [-0.39, 0.29) is 0 Å². The van der Waals surface area contributed by atoms with E-state index in [0.717, 1.165) is 5.56 Å². The Morgan fingerprint density at radius 1 is 1.08 bits per heavy atom. The molecule has 0 saturated heterocycles. The van der Waals surface area contributed by atoms with Crippen LogP contribution in [0.1, 0.15) is 0 Å². The van der Waals surface area contributed by atoms with Crippen molar-refractivity contribution >= 4 is 22.6 Å². The second-order valence-electron chi connectivity index (χ2n) is 2.49. The van der Waals surface area contributed by atoms with Gasteiger partial charge in [0.05, 0.1) is 6.20 Å². The smallest absolute Gasteiger partial charge is 0.0565 e. The normalized spacial score (nSPS) is 10.1. The van der Waals surface area contributed by atoms with Gasteiger partial charge in [-0.05, 0) is 40.3 Å². The average molecular weight is 270 g/mol. The molecular weight excluding hydrogens is 263 g/mol. The monoisotopic (exact) mass is 270 g/mol. The fourth-order valence-corrected chi connectivity index (χ4v) is 1.41. The lowest BCUT2D eigenvalue weighted by atomic mass is 10.1. The zero-order valence-electron chi connectivity index (χ0n) is 6.29. The van der Waals surface area contributed by atoms with Crippen LogP contribution in [-0.4, -0.2) is 10.2 Å². The number of halogens is 1. The number of H-pyrrole nitrogens is 1. The molecule has 3 heteroatoms. The molecule has 60 valence electrons. The van der Waals surface area contributed by atoms with Crippen LogP contribution in [0.2, 0.25) is 0 Å². The van der Waals surface area contributed by atoms with Gasteiger partial charge in [0.1, 0.15) is 0 Å². The molecular formula is C9H7IN2. The summed E-state index contributed by atoms with van der Waals surface area (Å²) in [4.78, 5) is 0. The van der Waals surface area contributed by atoms with Crippen LogP contribution in [-0.2, 0) is 0 Å². The third-order valence-corrected chi connectivity index (χ3v) is 2.39. The standard InChI is InChI=1S/C9H7IN2/c10-9-3-1-7(2-4-9)8-5-11-12-6-8/h1-6H,(H,11,12). The van der Waals surface area contributed by atoms with Crippen LogP contribution in [0, 0.1) is 3.57 Å². The van der Waals surface area contributed by atoms with Gasteiger partial charge in [-0.2, -0.15) is 5.10 Å². The van der Waals surface area contributed by atoms with Crippen LogP contribution in [0.4, 0.5) is 0 Å². The largest absolute Gasteiger partial charge is 0.285 e. The molecule has 12 heavy (non-hydrogen) atoms. The first kappa shape index (κ1) is 7.79. The molecule has 0 aliphatic heterocycles. The summed E-state index contributed by atoms with van der Waals surface area (Å²) in [7, 11) is 0. The molecule has 2 rings (SSSR count). The van der Waals surface area contributed by atoms with Gasteiger partial charge in [0.25, 0.3) is 0 Å². The summed E-state index contributed by atoms with van der Waals surface area (Å²) in [5.74, 6) is 0. The highest BCUT2D eigenvalue weighted by Gasteiger charge is 1.96. The summed E-state index contributed by atoms with van der Waals surface area (Å²) in [5.41, 5.74) is 2.33. The van der Waals surface area contributed by atoms with E-state index in [0.29, 0.717) is 0 Å². The fourth-order valence-electron chi connectivity index (χ4n) is 1.05. The lowest BCUT2D eigenvalue weighted by Gasteiger charge is -1.95. The number of nitrogens with zero attached hydrogens (tertiary/aromatic N) is 1. The highest BCUT2D eigenvalue weighted by molar-refractivity contribution is 14.1. The number of aromatic nitrogens is 2. The molecule has 0 atom stereocenters. The highest BCUT2D eigenvalue weighted by atomic mass is 127. The molecule has 1 aromatic heterocycles. The van der Waals surface area contributed by atoms with Gasteiger partial charge < -0.3 is 0 Å². The van der Waals surface area contributed by atoms with E-state index >= 15 is 0 Å². The number of rotatable bonds is 1. The quantitative estimate of drug-likeness (QED) is 0.793. The Balaban J connectivity index is 2.43. The minimum absolute atomic E-state index is 1.13. The van der Waals surface area contributed by atoms with Gasteiger partial charge in [0.2, 0.25) is 0 Å². The minimum atomic E-state index is 1.13. The van der Waals surface area contributed by atoms with Crippen LogP contribution in [0.5, 0.6) is 0 Å². The van der Waals surface area contributed by atoms with E-state index in [4.69, 9.17) is 0 Å². The number of hydrogen-bond donors (Lipinski definition) is 1. The van der Waals surface area contributed by atoms with Crippen LogP contribution < -0.4 is 0 Å². The Hall–Kier alpha value is -0.840. The van der Waals surface area contributed by atoms with Gasteiger partial charge in [-0.1, -0.05) is 12.1 Å². The third kappa shape index (κ3) is 1.50. The van der Waals surface area contributed by atoms with Crippen molar-refractivity contribution in [3.05, 3.63) is 40.2 Å². The molecule has 0 radical (unpaired) electrons. The highest BCUT2D eigenvalue weighted by Crippen LogP contribution is 2.18. The maximum Gasteiger partial charge on any atom is 0.0565 e. The average Bonchev–Trinajstić information content (AvgIpc) is 2.58. The van der Waals surface area contributed by atoms with Crippen LogP contribution in [0.3, 0.4) is 0 Å². The van der Waals surface area contributed by atoms with Crippen molar-refractivity contribution < 1.29 is 0 Å². The molecule has 0 aliphatic carbocycles. The third-order valence-electron chi connectivity index (χ3n) is 1.68. The maximum absolute atomic E-state index is 3.89. The van der Waals surface area contributed by atoms with Crippen LogP contribution in [0.25, 0.3) is 11.1 Å². The molecule has 0 bridgehead atoms. The molecule has 2 aromatic rings. The second-order valence-corrected chi connectivity index (χ2v) is 3.74. The Labute approximate surface area is 84.1 Å². The Bertz CT molecular complexity index is 351. The fraction of sp³-hybridized carbons (Fsp3) is 0. The SMILES string of the molecule is Ic1ccc(-c2cn[nH]c2)cc1. The number of benzene rings is 1. The Kier molecular flexibility index (Phi) is 2.12. The van der Waals surface area contributed by atoms with E-state index in [1.165, 1.54) is 9.13 Å². The van der Waals surface area contributed by atoms with Gasteiger partial charge in [-0.15, -0.1) is 0 Å². The number of hydrogen-bond acceptors (Lipinski definition) is 1. The molecule has 2 nitrogen and oxygen atoms in total. The van der Waals surface area contributed by atoms with Crippen molar-refractivity contribution in [1.29, 1.82) is 0 Å². The molecule has 1 aromatic carbocycles. The number of aromatic amines is 1. The van der Waals surface area contributed by atoms with Crippen LogP contribution in [0.15, 0.2) is 36.7 Å². The molecule has 0 unspecified atom stereocenters. The lowest BCUT2D eigenvalue weighted by molar-refractivity contribution is 1.09. The summed E-state index contributed by atoms with van der Waals surface area (Å²) in [6.07, 6.45) is 3.71. The van der Waals surface area contributed by atoms with Crippen molar-refractivity contribution in [2.75, 3.05) is 0 Å². The zero-order valence-corrected chi connectivity index (χ0v) is 8.45. The summed E-state index contributed by atoms with van der Waals surface area (Å²) in [5, 5.41) is 6.69. The van der Waals surface area contributed by atoms with Gasteiger partial charge >= 0.3 is 0 Å². The predicted octanol–water partition coefficient (Wildman–Crippen LogP) is 2.68. The maximum atomic E-state index is 3.89. The van der Waals surface area contributed by atoms with Crippen molar-refractivity contribution in [2.45, 2.75) is 0 Å². The molecule has 0 spiro atoms. The van der Waals surface area contributed by atoms with Gasteiger partial charge in [-0.3, -0.25) is 5.10 Å². The minimum Gasteiger partial charge on any atom is -0.285 e. The van der Waals surface area contributed by atoms with E-state index in [1.807, 2.05) is 12.4 Å². The van der Waals surface area contributed by atoms with Crippen molar-refractivity contribution in [1.82, 2.24) is 10.2 Å². The topological polar surface area (TPSA) is 28.7 Å². The Morgan fingerprint density at radius 3 is 2.42 bits per heavy atom. The van der Waals surface area contributed by atoms with Crippen molar-refractivity contribution in [3.8, 4) is 11.1 Å². The molecule has 0 fully saturated rings. The lowest BCUT2D eigenvalue weighted by Crippen LogP contribution is -1.73. The van der Waals surface area contributed by atoms with Crippen molar-refractivity contribution in [3.63, 3.8) is 0 Å². The molecule has 1 heterocycles.